The number of carboxylic acids is 1. The van der Waals surface area contributed by atoms with Crippen molar-refractivity contribution in [3.05, 3.63) is 18.1 Å². The standard InChI is InChI=1S/C6H9O2/c1-5(2)3-4-6(7)8/h3-4H,1-2H3,(H,7,8). The maximum absolute atomic E-state index is 9.80. The molecule has 0 fully saturated rings. The molecular formula is C6H9O2. The third-order valence-corrected chi connectivity index (χ3v) is 0.559. The third-order valence-electron chi connectivity index (χ3n) is 0.559. The quantitative estimate of drug-likeness (QED) is 0.585. The maximum atomic E-state index is 9.80. The van der Waals surface area contributed by atoms with Gasteiger partial charge in [0.05, 0.1) is 6.42 Å². The maximum Gasteiger partial charge on any atom is 0.311 e. The molecule has 0 aromatic carbocycles. The van der Waals surface area contributed by atoms with Gasteiger partial charge in [0, 0.05) is 0 Å². The number of hydrogen-bond donors (Lipinski definition) is 1. The van der Waals surface area contributed by atoms with Crippen LogP contribution in [-0.2, 0) is 4.79 Å². The largest absolute Gasteiger partial charge is 0.481 e. The third kappa shape index (κ3) is 5.21. The molecule has 0 aliphatic carbocycles. The Balaban J connectivity index is 3.45. The molecule has 0 spiro atoms. The Morgan fingerprint density at radius 1 is 1.50 bits per heavy atom. The summed E-state index contributed by atoms with van der Waals surface area (Å²) in [5, 5.41) is 8.06. The minimum absolute atomic E-state index is 0.897. The summed E-state index contributed by atoms with van der Waals surface area (Å²) in [7, 11) is 0. The first-order chi connectivity index (χ1) is 3.63. The topological polar surface area (TPSA) is 37.3 Å². The zero-order chi connectivity index (χ0) is 6.57. The van der Waals surface area contributed by atoms with E-state index in [0.717, 1.165) is 12.0 Å². The minimum Gasteiger partial charge on any atom is -0.481 e. The van der Waals surface area contributed by atoms with Crippen LogP contribution < -0.4 is 0 Å². The van der Waals surface area contributed by atoms with Gasteiger partial charge in [-0.05, 0) is 13.8 Å². The van der Waals surface area contributed by atoms with Crippen LogP contribution in [0.3, 0.4) is 0 Å². The molecule has 0 rings (SSSR count). The highest BCUT2D eigenvalue weighted by Gasteiger charge is 1.89. The van der Waals surface area contributed by atoms with E-state index in [0.29, 0.717) is 0 Å². The van der Waals surface area contributed by atoms with Crippen molar-refractivity contribution >= 4 is 5.97 Å². The normalized spacial score (nSPS) is 8.25. The monoisotopic (exact) mass is 113 g/mol. The lowest BCUT2D eigenvalue weighted by molar-refractivity contribution is -0.132. The van der Waals surface area contributed by atoms with Crippen molar-refractivity contribution in [1.29, 1.82) is 0 Å². The van der Waals surface area contributed by atoms with Crippen LogP contribution >= 0.6 is 0 Å². The lowest BCUT2D eigenvalue weighted by atomic mass is 10.3. The van der Waals surface area contributed by atoms with Crippen LogP contribution in [0.1, 0.15) is 13.8 Å². The number of rotatable bonds is 2. The summed E-state index contributed by atoms with van der Waals surface area (Å²) < 4.78 is 0. The van der Waals surface area contributed by atoms with E-state index in [4.69, 9.17) is 5.11 Å². The molecule has 8 heavy (non-hydrogen) atoms. The Morgan fingerprint density at radius 2 is 2.00 bits per heavy atom. The van der Waals surface area contributed by atoms with Crippen molar-refractivity contribution in [3.63, 3.8) is 0 Å². The smallest absolute Gasteiger partial charge is 0.311 e. The summed E-state index contributed by atoms with van der Waals surface area (Å²) >= 11 is 0. The molecule has 2 nitrogen and oxygen atoms in total. The highest BCUT2D eigenvalue weighted by atomic mass is 16.4. The predicted octanol–water partition coefficient (Wildman–Crippen LogP) is 1.24. The average molecular weight is 113 g/mol. The van der Waals surface area contributed by atoms with E-state index in [-0.39, 0.29) is 0 Å². The van der Waals surface area contributed by atoms with Gasteiger partial charge >= 0.3 is 5.97 Å². The fourth-order valence-electron chi connectivity index (χ4n) is 0.238. The van der Waals surface area contributed by atoms with Gasteiger partial charge in [-0.25, -0.2) is 0 Å². The van der Waals surface area contributed by atoms with Crippen LogP contribution in [0.5, 0.6) is 0 Å². The zero-order valence-corrected chi connectivity index (χ0v) is 5.01. The lowest BCUT2D eigenvalue weighted by Gasteiger charge is -1.84. The van der Waals surface area contributed by atoms with E-state index in [1.165, 1.54) is 0 Å². The molecule has 0 amide bonds. The SMILES string of the molecule is CC(C)=C[CH]C(=O)O. The molecule has 0 heterocycles. The second-order valence-electron chi connectivity index (χ2n) is 1.75. The zero-order valence-electron chi connectivity index (χ0n) is 5.01. The number of carbonyl (C=O) groups is 1. The molecule has 0 saturated heterocycles. The Bertz CT molecular complexity index is 110. The van der Waals surface area contributed by atoms with Crippen molar-refractivity contribution in [2.75, 3.05) is 0 Å². The van der Waals surface area contributed by atoms with Crippen LogP contribution in [0.4, 0.5) is 0 Å². The van der Waals surface area contributed by atoms with Crippen LogP contribution in [0.15, 0.2) is 11.6 Å². The highest BCUT2D eigenvalue weighted by molar-refractivity contribution is 5.79. The molecule has 2 heteroatoms. The van der Waals surface area contributed by atoms with Gasteiger partial charge in [-0.3, -0.25) is 4.79 Å². The molecular weight excluding hydrogens is 104 g/mol. The molecule has 0 unspecified atom stereocenters. The van der Waals surface area contributed by atoms with Crippen molar-refractivity contribution in [2.45, 2.75) is 13.8 Å². The first kappa shape index (κ1) is 7.21. The number of aliphatic carboxylic acids is 1. The predicted molar refractivity (Wildman–Crippen MR) is 31.4 cm³/mol. The summed E-state index contributed by atoms with van der Waals surface area (Å²) in [6.45, 7) is 3.69. The first-order valence-corrected chi connectivity index (χ1v) is 2.34. The first-order valence-electron chi connectivity index (χ1n) is 2.34. The minimum atomic E-state index is -0.897. The molecule has 0 bridgehead atoms. The Hall–Kier alpha value is -0.790. The summed E-state index contributed by atoms with van der Waals surface area (Å²) in [6, 6.07) is 0. The van der Waals surface area contributed by atoms with Crippen molar-refractivity contribution in [2.24, 2.45) is 0 Å². The molecule has 0 atom stereocenters. The van der Waals surface area contributed by atoms with Gasteiger partial charge in [-0.2, -0.15) is 0 Å². The van der Waals surface area contributed by atoms with Crippen LogP contribution in [-0.4, -0.2) is 11.1 Å². The Labute approximate surface area is 48.8 Å². The van der Waals surface area contributed by atoms with Gasteiger partial charge in [0.1, 0.15) is 0 Å². The fourth-order valence-corrected chi connectivity index (χ4v) is 0.238. The average Bonchev–Trinajstić information content (AvgIpc) is 1.61. The van der Waals surface area contributed by atoms with E-state index in [9.17, 15) is 4.79 Å². The number of hydrogen-bond acceptors (Lipinski definition) is 1. The van der Waals surface area contributed by atoms with Crippen molar-refractivity contribution < 1.29 is 9.90 Å². The van der Waals surface area contributed by atoms with Gasteiger partial charge in [0.15, 0.2) is 0 Å². The van der Waals surface area contributed by atoms with Gasteiger partial charge in [-0.15, -0.1) is 0 Å². The molecule has 1 N–H and O–H groups in total. The second-order valence-corrected chi connectivity index (χ2v) is 1.75. The van der Waals surface area contributed by atoms with Gasteiger partial charge in [0.25, 0.3) is 0 Å². The Morgan fingerprint density at radius 3 is 2.12 bits per heavy atom. The van der Waals surface area contributed by atoms with E-state index in [1.54, 1.807) is 6.08 Å². The fraction of sp³-hybridized carbons (Fsp3) is 0.333. The molecule has 0 saturated carbocycles. The van der Waals surface area contributed by atoms with Gasteiger partial charge in [-0.1, -0.05) is 11.6 Å². The molecule has 0 aromatic heterocycles. The van der Waals surface area contributed by atoms with Crippen LogP contribution in [0.25, 0.3) is 0 Å². The van der Waals surface area contributed by atoms with E-state index in [1.807, 2.05) is 13.8 Å². The molecule has 0 aromatic rings. The number of carboxylic acid groups (broad SMARTS) is 1. The molecule has 0 aliphatic heterocycles. The lowest BCUT2D eigenvalue weighted by Crippen LogP contribution is -1.91. The summed E-state index contributed by atoms with van der Waals surface area (Å²) in [5.41, 5.74) is 0.993. The summed E-state index contributed by atoms with van der Waals surface area (Å²) in [5.74, 6) is -0.897. The van der Waals surface area contributed by atoms with E-state index < -0.39 is 5.97 Å². The van der Waals surface area contributed by atoms with Crippen LogP contribution in [0.2, 0.25) is 0 Å². The van der Waals surface area contributed by atoms with Crippen molar-refractivity contribution in [3.8, 4) is 0 Å². The van der Waals surface area contributed by atoms with Crippen LogP contribution in [0, 0.1) is 6.42 Å². The number of allylic oxidation sites excluding steroid dienone is 1. The highest BCUT2D eigenvalue weighted by Crippen LogP contribution is 1.89. The van der Waals surface area contributed by atoms with Gasteiger partial charge < -0.3 is 5.11 Å². The summed E-state index contributed by atoms with van der Waals surface area (Å²) in [4.78, 5) is 9.80. The second kappa shape index (κ2) is 3.24. The van der Waals surface area contributed by atoms with E-state index >= 15 is 0 Å². The molecule has 45 valence electrons. The molecule has 0 aliphatic rings. The van der Waals surface area contributed by atoms with E-state index in [2.05, 4.69) is 0 Å². The molecule has 1 radical (unpaired) electrons. The van der Waals surface area contributed by atoms with Crippen molar-refractivity contribution in [1.82, 2.24) is 0 Å². The van der Waals surface area contributed by atoms with Gasteiger partial charge in [0.2, 0.25) is 0 Å². The summed E-state index contributed by atoms with van der Waals surface area (Å²) in [6.07, 6.45) is 2.68. The Kier molecular flexibility index (Phi) is 2.92.